The molecule has 0 N–H and O–H groups in total. The largest absolute Gasteiger partial charge is 0.0875 e. The Labute approximate surface area is 98.3 Å². The summed E-state index contributed by atoms with van der Waals surface area (Å²) < 4.78 is 2.24. The SMILES string of the molecule is CC(C)[Si](C=CI)(C(C)C)C(C)C. The Kier molecular flexibility index (Phi) is 5.83. The zero-order valence-electron chi connectivity index (χ0n) is 9.76. The molecule has 0 spiro atoms. The van der Waals surface area contributed by atoms with Crippen molar-refractivity contribution in [3.63, 3.8) is 0 Å². The fraction of sp³-hybridized carbons (Fsp3) is 0.818. The molecule has 0 nitrogen and oxygen atoms in total. The van der Waals surface area contributed by atoms with Crippen LogP contribution in [0.25, 0.3) is 0 Å². The Morgan fingerprint density at radius 1 is 0.846 bits per heavy atom. The molecule has 0 aromatic rings. The average molecular weight is 310 g/mol. The standard InChI is InChI=1S/C11H23ISi/c1-9(2)13(8-7-12,10(3)4)11(5)6/h7-11H,1-6H3. The minimum atomic E-state index is -1.22. The Morgan fingerprint density at radius 2 is 1.15 bits per heavy atom. The maximum atomic E-state index is 2.54. The molecule has 0 atom stereocenters. The zero-order chi connectivity index (χ0) is 10.6. The van der Waals surface area contributed by atoms with Gasteiger partial charge >= 0.3 is 0 Å². The lowest BCUT2D eigenvalue weighted by atomic mass is 10.5. The smallest absolute Gasteiger partial charge is 0.0859 e. The van der Waals surface area contributed by atoms with E-state index in [-0.39, 0.29) is 0 Å². The zero-order valence-corrected chi connectivity index (χ0v) is 12.9. The third-order valence-electron chi connectivity index (χ3n) is 3.35. The third kappa shape index (κ3) is 2.82. The van der Waals surface area contributed by atoms with Gasteiger partial charge in [0.15, 0.2) is 0 Å². The molecule has 2 heteroatoms. The molecule has 0 rings (SSSR count). The second-order valence-electron chi connectivity index (χ2n) is 4.76. The minimum Gasteiger partial charge on any atom is -0.0875 e. The van der Waals surface area contributed by atoms with Crippen LogP contribution in [-0.4, -0.2) is 8.07 Å². The van der Waals surface area contributed by atoms with E-state index in [1.807, 2.05) is 0 Å². The van der Waals surface area contributed by atoms with Crippen molar-refractivity contribution < 1.29 is 0 Å². The second kappa shape index (κ2) is 5.54. The van der Waals surface area contributed by atoms with Crippen molar-refractivity contribution in [1.82, 2.24) is 0 Å². The third-order valence-corrected chi connectivity index (χ3v) is 11.1. The van der Waals surface area contributed by atoms with Gasteiger partial charge in [-0.25, -0.2) is 0 Å². The van der Waals surface area contributed by atoms with Gasteiger partial charge in [-0.3, -0.25) is 0 Å². The number of hydrogen-bond donors (Lipinski definition) is 0. The summed E-state index contributed by atoms with van der Waals surface area (Å²) in [6, 6.07) is 0. The van der Waals surface area contributed by atoms with Crippen LogP contribution in [0.2, 0.25) is 16.6 Å². The summed E-state index contributed by atoms with van der Waals surface area (Å²) in [4.78, 5) is 0. The van der Waals surface area contributed by atoms with E-state index in [2.05, 4.69) is 73.9 Å². The summed E-state index contributed by atoms with van der Waals surface area (Å²) in [5.74, 6) is 0. The van der Waals surface area contributed by atoms with Crippen molar-refractivity contribution in [2.24, 2.45) is 0 Å². The van der Waals surface area contributed by atoms with Gasteiger partial charge in [-0.15, -0.1) is 0 Å². The number of halogens is 1. The summed E-state index contributed by atoms with van der Waals surface area (Å²) in [5, 5.41) is 0. The number of hydrogen-bond acceptors (Lipinski definition) is 0. The molecule has 0 aromatic carbocycles. The lowest BCUT2D eigenvalue weighted by Gasteiger charge is -2.40. The van der Waals surface area contributed by atoms with Gasteiger partial charge in [0.1, 0.15) is 0 Å². The highest BCUT2D eigenvalue weighted by molar-refractivity contribution is 14.1. The molecule has 0 unspecified atom stereocenters. The van der Waals surface area contributed by atoms with Crippen LogP contribution in [-0.2, 0) is 0 Å². The first kappa shape index (κ1) is 13.7. The van der Waals surface area contributed by atoms with Crippen LogP contribution in [0.15, 0.2) is 9.78 Å². The highest BCUT2D eigenvalue weighted by Gasteiger charge is 2.39. The van der Waals surface area contributed by atoms with Gasteiger partial charge in [-0.1, -0.05) is 69.8 Å². The Bertz CT molecular complexity index is 149. The van der Waals surface area contributed by atoms with E-state index in [4.69, 9.17) is 0 Å². The van der Waals surface area contributed by atoms with Crippen molar-refractivity contribution in [2.45, 2.75) is 58.2 Å². The first-order chi connectivity index (χ1) is 5.89. The molecule has 0 aromatic heterocycles. The maximum absolute atomic E-state index is 2.54. The van der Waals surface area contributed by atoms with Gasteiger partial charge in [0.05, 0.1) is 8.07 Å². The van der Waals surface area contributed by atoms with Crippen molar-refractivity contribution in [3.05, 3.63) is 9.78 Å². The summed E-state index contributed by atoms with van der Waals surface area (Å²) in [6.07, 6.45) is 0. The quantitative estimate of drug-likeness (QED) is 0.497. The lowest BCUT2D eigenvalue weighted by molar-refractivity contribution is 0.833. The van der Waals surface area contributed by atoms with Gasteiger partial charge in [-0.2, -0.15) is 0 Å². The van der Waals surface area contributed by atoms with E-state index in [0.717, 1.165) is 16.6 Å². The van der Waals surface area contributed by atoms with E-state index in [0.29, 0.717) is 0 Å². The molecule has 0 aliphatic rings. The first-order valence-electron chi connectivity index (χ1n) is 5.17. The molecule has 0 aliphatic carbocycles. The molecule has 0 fully saturated rings. The van der Waals surface area contributed by atoms with Gasteiger partial charge in [0.25, 0.3) is 0 Å². The molecule has 0 bridgehead atoms. The van der Waals surface area contributed by atoms with Crippen molar-refractivity contribution in [1.29, 1.82) is 0 Å². The van der Waals surface area contributed by atoms with E-state index in [1.165, 1.54) is 0 Å². The highest BCUT2D eigenvalue weighted by Crippen LogP contribution is 2.42. The van der Waals surface area contributed by atoms with Crippen LogP contribution >= 0.6 is 22.6 Å². The first-order valence-corrected chi connectivity index (χ1v) is 8.73. The molecule has 0 saturated carbocycles. The molecule has 0 amide bonds. The van der Waals surface area contributed by atoms with Crippen molar-refractivity contribution in [3.8, 4) is 0 Å². The topological polar surface area (TPSA) is 0 Å². The highest BCUT2D eigenvalue weighted by atomic mass is 127. The fourth-order valence-corrected chi connectivity index (χ4v) is 9.93. The Hall–Kier alpha value is 0.687. The Morgan fingerprint density at radius 3 is 1.23 bits per heavy atom. The summed E-state index contributed by atoms with van der Waals surface area (Å²) in [6.45, 7) is 14.4. The molecule has 0 saturated heterocycles. The van der Waals surface area contributed by atoms with Crippen molar-refractivity contribution in [2.75, 3.05) is 0 Å². The summed E-state index contributed by atoms with van der Waals surface area (Å²) >= 11 is 2.37. The van der Waals surface area contributed by atoms with E-state index < -0.39 is 8.07 Å². The molecule has 0 radical (unpaired) electrons. The van der Waals surface area contributed by atoms with Gasteiger partial charge in [0.2, 0.25) is 0 Å². The molecule has 78 valence electrons. The minimum absolute atomic E-state index is 0.846. The number of rotatable bonds is 4. The second-order valence-corrected chi connectivity index (χ2v) is 11.3. The molecular weight excluding hydrogens is 287 g/mol. The monoisotopic (exact) mass is 310 g/mol. The van der Waals surface area contributed by atoms with Crippen molar-refractivity contribution >= 4 is 30.7 Å². The van der Waals surface area contributed by atoms with Crippen LogP contribution in [0.5, 0.6) is 0 Å². The summed E-state index contributed by atoms with van der Waals surface area (Å²) in [7, 11) is -1.22. The molecular formula is C11H23ISi. The molecule has 13 heavy (non-hydrogen) atoms. The maximum Gasteiger partial charge on any atom is 0.0859 e. The fourth-order valence-electron chi connectivity index (χ4n) is 2.69. The molecule has 0 heterocycles. The van der Waals surface area contributed by atoms with Gasteiger partial charge in [-0.05, 0) is 20.7 Å². The van der Waals surface area contributed by atoms with E-state index in [9.17, 15) is 0 Å². The van der Waals surface area contributed by atoms with Crippen LogP contribution in [0, 0.1) is 0 Å². The predicted octanol–water partition coefficient (Wildman–Crippen LogP) is 5.15. The van der Waals surface area contributed by atoms with E-state index in [1.54, 1.807) is 0 Å². The van der Waals surface area contributed by atoms with E-state index >= 15 is 0 Å². The predicted molar refractivity (Wildman–Crippen MR) is 74.2 cm³/mol. The van der Waals surface area contributed by atoms with Crippen LogP contribution in [0.1, 0.15) is 41.5 Å². The van der Waals surface area contributed by atoms with Gasteiger partial charge in [0, 0.05) is 0 Å². The Balaban J connectivity index is 5.05. The average Bonchev–Trinajstić information content (AvgIpc) is 1.97. The van der Waals surface area contributed by atoms with Crippen LogP contribution < -0.4 is 0 Å². The van der Waals surface area contributed by atoms with Gasteiger partial charge < -0.3 is 0 Å². The van der Waals surface area contributed by atoms with Crippen LogP contribution in [0.4, 0.5) is 0 Å². The van der Waals surface area contributed by atoms with Crippen LogP contribution in [0.3, 0.4) is 0 Å². The molecule has 0 aliphatic heterocycles. The summed E-state index contributed by atoms with van der Waals surface area (Å²) in [5.41, 5.74) is 5.07. The normalized spacial score (nSPS) is 14.0. The lowest BCUT2D eigenvalue weighted by Crippen LogP contribution is -2.42.